The molecule has 0 heterocycles. The number of halogens is 1. The van der Waals surface area contributed by atoms with E-state index in [2.05, 4.69) is 28.1 Å². The number of benzene rings is 1. The van der Waals surface area contributed by atoms with Crippen molar-refractivity contribution in [3.63, 3.8) is 0 Å². The Hall–Kier alpha value is -0.340. The Labute approximate surface area is 75.2 Å². The molecule has 0 bridgehead atoms. The summed E-state index contributed by atoms with van der Waals surface area (Å²) >= 11 is 3.49. The monoisotopic (exact) mass is 214 g/mol. The lowest BCUT2D eigenvalue weighted by Gasteiger charge is -2.06. The van der Waals surface area contributed by atoms with Gasteiger partial charge >= 0.3 is 0 Å². The van der Waals surface area contributed by atoms with Crippen LogP contribution in [-0.4, -0.2) is 11.7 Å². The summed E-state index contributed by atoms with van der Waals surface area (Å²) in [5.41, 5.74) is 1.22. The van der Waals surface area contributed by atoms with Crippen LogP contribution in [0.3, 0.4) is 0 Å². The molecule has 1 N–H and O–H groups in total. The summed E-state index contributed by atoms with van der Waals surface area (Å²) in [7, 11) is 0. The van der Waals surface area contributed by atoms with Crippen LogP contribution in [0.5, 0.6) is 0 Å². The van der Waals surface area contributed by atoms with Crippen molar-refractivity contribution in [3.05, 3.63) is 35.9 Å². The first-order chi connectivity index (χ1) is 5.34. The molecule has 2 heteroatoms. The minimum atomic E-state index is 0.227. The fourth-order valence-electron chi connectivity index (χ4n) is 0.942. The fraction of sp³-hybridized carbons (Fsp3) is 0.333. The van der Waals surface area contributed by atoms with Crippen LogP contribution in [0.15, 0.2) is 30.3 Å². The van der Waals surface area contributed by atoms with E-state index < -0.39 is 0 Å². The Morgan fingerprint density at radius 2 is 1.91 bits per heavy atom. The first kappa shape index (κ1) is 8.75. The molecule has 1 rings (SSSR count). The van der Waals surface area contributed by atoms with Crippen molar-refractivity contribution < 1.29 is 5.11 Å². The molecule has 11 heavy (non-hydrogen) atoms. The summed E-state index contributed by atoms with van der Waals surface area (Å²) in [6, 6.07) is 10.1. The molecule has 1 unspecified atom stereocenters. The van der Waals surface area contributed by atoms with Crippen LogP contribution in [0.4, 0.5) is 0 Å². The lowest BCUT2D eigenvalue weighted by atomic mass is 10.1. The van der Waals surface area contributed by atoms with Crippen molar-refractivity contribution in [3.8, 4) is 0 Å². The van der Waals surface area contributed by atoms with Gasteiger partial charge in [0.25, 0.3) is 0 Å². The second-order valence-corrected chi connectivity index (χ2v) is 3.50. The maximum absolute atomic E-state index is 8.67. The van der Waals surface area contributed by atoms with Crippen molar-refractivity contribution in [2.75, 3.05) is 6.61 Å². The van der Waals surface area contributed by atoms with E-state index in [0.717, 1.165) is 6.42 Å². The fourth-order valence-corrected chi connectivity index (χ4v) is 1.45. The molecule has 1 atom stereocenters. The molecule has 0 aliphatic carbocycles. The highest BCUT2D eigenvalue weighted by atomic mass is 79.9. The van der Waals surface area contributed by atoms with Crippen molar-refractivity contribution in [1.29, 1.82) is 0 Å². The van der Waals surface area contributed by atoms with Crippen molar-refractivity contribution >= 4 is 15.9 Å². The molecule has 1 aromatic rings. The van der Waals surface area contributed by atoms with Gasteiger partial charge < -0.3 is 5.11 Å². The van der Waals surface area contributed by atoms with Crippen LogP contribution in [0.1, 0.15) is 16.8 Å². The third-order valence-electron chi connectivity index (χ3n) is 1.54. The van der Waals surface area contributed by atoms with Gasteiger partial charge in [-0.05, 0) is 12.0 Å². The second kappa shape index (κ2) is 4.52. The molecule has 60 valence electrons. The summed E-state index contributed by atoms with van der Waals surface area (Å²) < 4.78 is 0. The van der Waals surface area contributed by atoms with Gasteiger partial charge in [0.1, 0.15) is 0 Å². The van der Waals surface area contributed by atoms with Gasteiger partial charge in [-0.15, -0.1) is 0 Å². The average molecular weight is 215 g/mol. The molecule has 0 radical (unpaired) electrons. The predicted octanol–water partition coefficient (Wildman–Crippen LogP) is 2.51. The average Bonchev–Trinajstić information content (AvgIpc) is 2.07. The minimum absolute atomic E-state index is 0.227. The summed E-state index contributed by atoms with van der Waals surface area (Å²) in [5, 5.41) is 8.67. The zero-order chi connectivity index (χ0) is 8.10. The molecule has 0 spiro atoms. The first-order valence-corrected chi connectivity index (χ1v) is 4.56. The molecule has 0 saturated heterocycles. The van der Waals surface area contributed by atoms with Gasteiger partial charge in [-0.3, -0.25) is 0 Å². The van der Waals surface area contributed by atoms with Gasteiger partial charge in [0, 0.05) is 11.4 Å². The Bertz CT molecular complexity index is 198. The molecular formula is C9H11BrO. The molecule has 1 nitrogen and oxygen atoms in total. The Morgan fingerprint density at radius 1 is 1.27 bits per heavy atom. The van der Waals surface area contributed by atoms with Crippen molar-refractivity contribution in [1.82, 2.24) is 0 Å². The number of alkyl halides is 1. The summed E-state index contributed by atoms with van der Waals surface area (Å²) in [6.07, 6.45) is 0.768. The molecule has 0 aromatic heterocycles. The van der Waals surface area contributed by atoms with Crippen LogP contribution in [0.25, 0.3) is 0 Å². The van der Waals surface area contributed by atoms with Gasteiger partial charge in [-0.2, -0.15) is 0 Å². The van der Waals surface area contributed by atoms with Crippen LogP contribution in [-0.2, 0) is 0 Å². The maximum atomic E-state index is 8.67. The quantitative estimate of drug-likeness (QED) is 0.768. The molecule has 0 amide bonds. The number of aliphatic hydroxyl groups excluding tert-OH is 1. The second-order valence-electron chi connectivity index (χ2n) is 2.39. The molecular weight excluding hydrogens is 204 g/mol. The largest absolute Gasteiger partial charge is 0.396 e. The Morgan fingerprint density at radius 3 is 2.45 bits per heavy atom. The summed E-state index contributed by atoms with van der Waals surface area (Å²) in [6.45, 7) is 0.227. The van der Waals surface area contributed by atoms with Crippen LogP contribution in [0.2, 0.25) is 0 Å². The normalized spacial score (nSPS) is 12.9. The lowest BCUT2D eigenvalue weighted by molar-refractivity contribution is 0.288. The minimum Gasteiger partial charge on any atom is -0.396 e. The van der Waals surface area contributed by atoms with E-state index in [0.29, 0.717) is 0 Å². The van der Waals surface area contributed by atoms with Crippen LogP contribution >= 0.6 is 15.9 Å². The van der Waals surface area contributed by atoms with Crippen LogP contribution < -0.4 is 0 Å². The van der Waals surface area contributed by atoms with E-state index in [-0.39, 0.29) is 11.4 Å². The van der Waals surface area contributed by atoms with Gasteiger partial charge in [-0.1, -0.05) is 46.3 Å². The standard InChI is InChI=1S/C9H11BrO/c10-9(6-7-11)8-4-2-1-3-5-8/h1-5,9,11H,6-7H2. The smallest absolute Gasteiger partial charge is 0.0444 e. The lowest BCUT2D eigenvalue weighted by Crippen LogP contribution is -1.92. The van der Waals surface area contributed by atoms with E-state index in [1.165, 1.54) is 5.56 Å². The Balaban J connectivity index is 2.61. The van der Waals surface area contributed by atoms with Crippen LogP contribution in [0, 0.1) is 0 Å². The first-order valence-electron chi connectivity index (χ1n) is 3.64. The maximum Gasteiger partial charge on any atom is 0.0444 e. The van der Waals surface area contributed by atoms with Gasteiger partial charge in [-0.25, -0.2) is 0 Å². The highest BCUT2D eigenvalue weighted by Crippen LogP contribution is 2.24. The third-order valence-corrected chi connectivity index (χ3v) is 2.53. The topological polar surface area (TPSA) is 20.2 Å². The van der Waals surface area contributed by atoms with Crippen molar-refractivity contribution in [2.45, 2.75) is 11.2 Å². The van der Waals surface area contributed by atoms with E-state index in [1.807, 2.05) is 18.2 Å². The highest BCUT2D eigenvalue weighted by molar-refractivity contribution is 9.09. The Kier molecular flexibility index (Phi) is 3.60. The summed E-state index contributed by atoms with van der Waals surface area (Å²) in [5.74, 6) is 0. The molecule has 0 fully saturated rings. The number of hydrogen-bond donors (Lipinski definition) is 1. The molecule has 0 aliphatic heterocycles. The molecule has 0 saturated carbocycles. The SMILES string of the molecule is OCCC(Br)c1ccccc1. The van der Waals surface area contributed by atoms with Gasteiger partial charge in [0.05, 0.1) is 0 Å². The van der Waals surface area contributed by atoms with Gasteiger partial charge in [0.2, 0.25) is 0 Å². The highest BCUT2D eigenvalue weighted by Gasteiger charge is 2.03. The molecule has 1 aromatic carbocycles. The number of rotatable bonds is 3. The van der Waals surface area contributed by atoms with E-state index in [4.69, 9.17) is 5.11 Å². The zero-order valence-electron chi connectivity index (χ0n) is 6.20. The van der Waals surface area contributed by atoms with Crippen molar-refractivity contribution in [2.24, 2.45) is 0 Å². The third kappa shape index (κ3) is 2.64. The van der Waals surface area contributed by atoms with E-state index in [1.54, 1.807) is 0 Å². The predicted molar refractivity (Wildman–Crippen MR) is 49.8 cm³/mol. The summed E-state index contributed by atoms with van der Waals surface area (Å²) in [4.78, 5) is 0.286. The molecule has 0 aliphatic rings. The number of hydrogen-bond acceptors (Lipinski definition) is 1. The van der Waals surface area contributed by atoms with E-state index >= 15 is 0 Å². The van der Waals surface area contributed by atoms with Gasteiger partial charge in [0.15, 0.2) is 0 Å². The zero-order valence-corrected chi connectivity index (χ0v) is 7.79. The number of aliphatic hydroxyl groups is 1. The van der Waals surface area contributed by atoms with E-state index in [9.17, 15) is 0 Å².